The molecule has 1 nitrogen and oxygen atoms in total. The van der Waals surface area contributed by atoms with Gasteiger partial charge in [-0.1, -0.05) is 19.8 Å². The summed E-state index contributed by atoms with van der Waals surface area (Å²) >= 11 is 5.71. The van der Waals surface area contributed by atoms with Crippen molar-refractivity contribution >= 4 is 11.6 Å². The lowest BCUT2D eigenvalue weighted by Gasteiger charge is -2.28. The number of hydrogen-bond donors (Lipinski definition) is 0. The van der Waals surface area contributed by atoms with Crippen LogP contribution in [0.25, 0.3) is 0 Å². The van der Waals surface area contributed by atoms with Crippen LogP contribution in [0.5, 0.6) is 0 Å². The molecule has 0 spiro atoms. The van der Waals surface area contributed by atoms with Crippen molar-refractivity contribution in [3.8, 4) is 0 Å². The van der Waals surface area contributed by atoms with Crippen LogP contribution in [0.1, 0.15) is 32.6 Å². The summed E-state index contributed by atoms with van der Waals surface area (Å²) in [5.41, 5.74) is 0. The molecule has 3 heteroatoms. The average molecular weight is 228 g/mol. The first-order chi connectivity index (χ1) is 5.62. The molecule has 0 N–H and O–H groups in total. The quantitative estimate of drug-likeness (QED) is 0.324. The third-order valence-electron chi connectivity index (χ3n) is 2.31. The first-order valence-electron chi connectivity index (χ1n) is 5.00. The van der Waals surface area contributed by atoms with Gasteiger partial charge in [-0.25, -0.2) is 0 Å². The van der Waals surface area contributed by atoms with Gasteiger partial charge in [0.2, 0.25) is 0 Å². The molecule has 0 saturated carbocycles. The van der Waals surface area contributed by atoms with E-state index in [1.165, 1.54) is 32.2 Å². The largest absolute Gasteiger partial charge is 1.00 e. The van der Waals surface area contributed by atoms with E-state index in [0.717, 1.165) is 16.9 Å². The van der Waals surface area contributed by atoms with Gasteiger partial charge in [-0.15, -0.1) is 11.6 Å². The van der Waals surface area contributed by atoms with Crippen LogP contribution in [-0.2, 0) is 0 Å². The van der Waals surface area contributed by atoms with Crippen molar-refractivity contribution in [1.82, 2.24) is 0 Å². The van der Waals surface area contributed by atoms with Gasteiger partial charge in [0.15, 0.2) is 0 Å². The van der Waals surface area contributed by atoms with Crippen molar-refractivity contribution < 1.29 is 16.9 Å². The maximum Gasteiger partial charge on any atom is 0.0920 e. The molecule has 0 aromatic carbocycles. The van der Waals surface area contributed by atoms with Gasteiger partial charge in [0, 0.05) is 0 Å². The Balaban J connectivity index is 0. The van der Waals surface area contributed by atoms with Gasteiger partial charge in [0.05, 0.1) is 33.1 Å². The zero-order valence-electron chi connectivity index (χ0n) is 9.15. The van der Waals surface area contributed by atoms with E-state index in [9.17, 15) is 0 Å². The van der Waals surface area contributed by atoms with Gasteiger partial charge in [0.25, 0.3) is 0 Å². The smallest absolute Gasteiger partial charge is 0.0920 e. The summed E-state index contributed by atoms with van der Waals surface area (Å²) < 4.78 is 1.08. The molecule has 0 bridgehead atoms. The van der Waals surface area contributed by atoms with E-state index in [1.807, 2.05) is 0 Å². The van der Waals surface area contributed by atoms with Crippen LogP contribution in [0.15, 0.2) is 0 Å². The first-order valence-corrected chi connectivity index (χ1v) is 5.54. The van der Waals surface area contributed by atoms with E-state index in [-0.39, 0.29) is 12.4 Å². The molecule has 82 valence electrons. The molecule has 0 aliphatic carbocycles. The Morgan fingerprint density at radius 1 is 1.00 bits per heavy atom. The monoisotopic (exact) mass is 227 g/mol. The summed E-state index contributed by atoms with van der Waals surface area (Å²) in [6, 6.07) is 0. The summed E-state index contributed by atoms with van der Waals surface area (Å²) in [4.78, 5) is 0. The zero-order chi connectivity index (χ0) is 9.45. The molecule has 0 aliphatic heterocycles. The lowest BCUT2D eigenvalue weighted by molar-refractivity contribution is -0.888. The van der Waals surface area contributed by atoms with Crippen LogP contribution in [0.3, 0.4) is 0 Å². The van der Waals surface area contributed by atoms with E-state index in [2.05, 4.69) is 21.0 Å². The Hall–Kier alpha value is 0.540. The van der Waals surface area contributed by atoms with Crippen molar-refractivity contribution in [2.24, 2.45) is 0 Å². The summed E-state index contributed by atoms with van der Waals surface area (Å²) in [7, 11) is 4.52. The van der Waals surface area contributed by atoms with Crippen LogP contribution in [0, 0.1) is 0 Å². The van der Waals surface area contributed by atoms with E-state index >= 15 is 0 Å². The lowest BCUT2D eigenvalue weighted by atomic mass is 10.2. The zero-order valence-corrected chi connectivity index (χ0v) is 10.7. The Labute approximate surface area is 94.4 Å². The van der Waals surface area contributed by atoms with Crippen molar-refractivity contribution in [2.75, 3.05) is 33.1 Å². The lowest BCUT2D eigenvalue weighted by Crippen LogP contribution is -3.00. The Morgan fingerprint density at radius 3 is 2.08 bits per heavy atom. The van der Waals surface area contributed by atoms with Gasteiger partial charge < -0.3 is 16.9 Å². The summed E-state index contributed by atoms with van der Waals surface area (Å²) in [6.07, 6.45) is 5.42. The fraction of sp³-hybridized carbons (Fsp3) is 1.00. The molecule has 0 atom stereocenters. The van der Waals surface area contributed by atoms with Gasteiger partial charge >= 0.3 is 0 Å². The van der Waals surface area contributed by atoms with E-state index in [4.69, 9.17) is 11.6 Å². The van der Waals surface area contributed by atoms with Gasteiger partial charge in [-0.2, -0.15) is 0 Å². The van der Waals surface area contributed by atoms with Crippen LogP contribution >= 0.6 is 11.6 Å². The Kier molecular flexibility index (Phi) is 11.2. The van der Waals surface area contributed by atoms with E-state index in [1.54, 1.807) is 0 Å². The second kappa shape index (κ2) is 9.11. The molecular formula is C10H23Cl2N. The molecule has 0 heterocycles. The van der Waals surface area contributed by atoms with Gasteiger partial charge in [-0.3, -0.25) is 0 Å². The highest BCUT2D eigenvalue weighted by atomic mass is 35.5. The molecule has 0 aromatic rings. The fourth-order valence-corrected chi connectivity index (χ4v) is 1.76. The first kappa shape index (κ1) is 16.0. The van der Waals surface area contributed by atoms with Crippen LogP contribution in [0.4, 0.5) is 0 Å². The number of rotatable bonds is 7. The molecular weight excluding hydrogens is 205 g/mol. The molecule has 0 saturated heterocycles. The second-order valence-corrected chi connectivity index (χ2v) is 4.51. The summed E-state index contributed by atoms with van der Waals surface area (Å²) in [5.74, 6) is 0.779. The number of nitrogens with zero attached hydrogens (tertiary/aromatic N) is 1. The minimum atomic E-state index is 0. The maximum absolute atomic E-state index is 5.71. The Morgan fingerprint density at radius 2 is 1.62 bits per heavy atom. The highest BCUT2D eigenvalue weighted by molar-refractivity contribution is 6.17. The molecule has 0 rings (SSSR count). The van der Waals surface area contributed by atoms with Crippen LogP contribution < -0.4 is 12.4 Å². The number of hydrogen-bond acceptors (Lipinski definition) is 0. The highest BCUT2D eigenvalue weighted by Gasteiger charge is 2.12. The van der Waals surface area contributed by atoms with Crippen molar-refractivity contribution in [3.05, 3.63) is 0 Å². The third kappa shape index (κ3) is 10.5. The normalized spacial score (nSPS) is 11.1. The van der Waals surface area contributed by atoms with Crippen LogP contribution in [-0.4, -0.2) is 37.5 Å². The molecule has 0 aliphatic rings. The second-order valence-electron chi connectivity index (χ2n) is 4.13. The van der Waals surface area contributed by atoms with Crippen LogP contribution in [0.2, 0.25) is 0 Å². The van der Waals surface area contributed by atoms with Crippen molar-refractivity contribution in [3.63, 3.8) is 0 Å². The van der Waals surface area contributed by atoms with E-state index in [0.29, 0.717) is 0 Å². The topological polar surface area (TPSA) is 0 Å². The minimum Gasteiger partial charge on any atom is -1.00 e. The highest BCUT2D eigenvalue weighted by Crippen LogP contribution is 2.05. The summed E-state index contributed by atoms with van der Waals surface area (Å²) in [6.45, 7) is 4.61. The number of quaternary nitrogens is 1. The number of halogens is 2. The standard InChI is InChI=1S/C10H23ClN.ClH/c1-4-5-6-7-9-12(2,3)10-8-11;/h4-10H2,1-3H3;1H/q+1;/p-1. The molecule has 0 fully saturated rings. The SMILES string of the molecule is CCCCCC[N+](C)(C)CCCl.[Cl-]. The summed E-state index contributed by atoms with van der Waals surface area (Å²) in [5, 5.41) is 0. The fourth-order valence-electron chi connectivity index (χ4n) is 1.31. The minimum absolute atomic E-state index is 0. The van der Waals surface area contributed by atoms with Gasteiger partial charge in [0.1, 0.15) is 0 Å². The number of unbranched alkanes of at least 4 members (excludes halogenated alkanes) is 3. The predicted molar refractivity (Wildman–Crippen MR) is 56.7 cm³/mol. The molecule has 0 unspecified atom stereocenters. The average Bonchev–Trinajstić information content (AvgIpc) is 1.98. The molecule has 0 amide bonds. The maximum atomic E-state index is 5.71. The van der Waals surface area contributed by atoms with Crippen molar-refractivity contribution in [1.29, 1.82) is 0 Å². The molecule has 0 aromatic heterocycles. The van der Waals surface area contributed by atoms with Gasteiger partial charge in [-0.05, 0) is 12.8 Å². The van der Waals surface area contributed by atoms with E-state index < -0.39 is 0 Å². The predicted octanol–water partition coefficient (Wildman–Crippen LogP) is -0.114. The molecule has 13 heavy (non-hydrogen) atoms. The molecule has 0 radical (unpaired) electrons. The van der Waals surface area contributed by atoms with Crippen molar-refractivity contribution in [2.45, 2.75) is 32.6 Å². The number of alkyl halides is 1. The Bertz CT molecular complexity index is 105. The third-order valence-corrected chi connectivity index (χ3v) is 2.48.